The molecule has 1 amide bonds. The molecule has 0 saturated carbocycles. The van der Waals surface area contributed by atoms with Gasteiger partial charge in [-0.05, 0) is 42.0 Å². The van der Waals surface area contributed by atoms with Gasteiger partial charge in [-0.3, -0.25) is 14.5 Å². The monoisotopic (exact) mass is 619 g/mol. The van der Waals surface area contributed by atoms with Gasteiger partial charge >= 0.3 is 0 Å². The second-order valence-corrected chi connectivity index (χ2v) is 10.3. The van der Waals surface area contributed by atoms with Crippen LogP contribution in [0.4, 0.5) is 17.3 Å². The average Bonchev–Trinajstić information content (AvgIpc) is 3.51. The number of nitrogens with zero attached hydrogens (tertiary/aromatic N) is 7. The van der Waals surface area contributed by atoms with E-state index in [1.807, 2.05) is 54.2 Å². The standard InChI is InChI=1S/C32H29N9O5/c1-38(17-21-9-11-22(45-2)12-10-21)25-15-29(35-23-7-6-14-39(27(23)19-42)30-8-4-5-13-33-30)37-41-26(16-34-31(25)41)32(44)36-24-18-40(46-3)28(24)20-43/h4-16,24H,17-18H2,1-3H3,(H,35,37)(H,36,44)/t24-/m1/s1. The number of rotatable bonds is 10. The van der Waals surface area contributed by atoms with Gasteiger partial charge in [0.25, 0.3) is 5.91 Å². The minimum Gasteiger partial charge on any atom is -0.497 e. The quantitative estimate of drug-likeness (QED) is 0.252. The topological polar surface area (TPSA) is 147 Å². The summed E-state index contributed by atoms with van der Waals surface area (Å²) in [6, 6.07) is 14.3. The van der Waals surface area contributed by atoms with Crippen LogP contribution in [0.5, 0.6) is 5.75 Å². The predicted molar refractivity (Wildman–Crippen MR) is 169 cm³/mol. The Morgan fingerprint density at radius 1 is 1.11 bits per heavy atom. The number of hydrogen-bond donors (Lipinski definition) is 2. The first-order valence-electron chi connectivity index (χ1n) is 14.2. The highest BCUT2D eigenvalue weighted by atomic mass is 16.7. The van der Waals surface area contributed by atoms with Crippen LogP contribution in [0.2, 0.25) is 0 Å². The average molecular weight is 620 g/mol. The third-order valence-electron chi connectivity index (χ3n) is 7.50. The molecule has 6 rings (SSSR count). The van der Waals surface area contributed by atoms with Crippen LogP contribution in [0.15, 0.2) is 96.4 Å². The highest BCUT2D eigenvalue weighted by Gasteiger charge is 2.36. The number of benzene rings is 1. The molecular weight excluding hydrogens is 590 g/mol. The molecule has 14 heteroatoms. The van der Waals surface area contributed by atoms with Crippen molar-refractivity contribution in [1.29, 1.82) is 0 Å². The number of hydrogen-bond acceptors (Lipinski definition) is 12. The van der Waals surface area contributed by atoms with Crippen molar-refractivity contribution >= 4 is 40.8 Å². The van der Waals surface area contributed by atoms with E-state index in [0.717, 1.165) is 11.3 Å². The van der Waals surface area contributed by atoms with E-state index in [-0.39, 0.29) is 23.6 Å². The Bertz CT molecular complexity index is 1940. The molecule has 1 saturated heterocycles. The largest absolute Gasteiger partial charge is 0.497 e. The predicted octanol–water partition coefficient (Wildman–Crippen LogP) is 2.51. The summed E-state index contributed by atoms with van der Waals surface area (Å²) in [4.78, 5) is 54.7. The van der Waals surface area contributed by atoms with Gasteiger partial charge < -0.3 is 20.3 Å². The summed E-state index contributed by atoms with van der Waals surface area (Å²) in [7, 11) is 4.94. The maximum atomic E-state index is 13.5. The first-order valence-corrected chi connectivity index (χ1v) is 14.2. The number of ether oxygens (including phenoxy) is 1. The molecule has 1 aromatic carbocycles. The molecule has 232 valence electrons. The molecule has 2 aliphatic rings. The van der Waals surface area contributed by atoms with Crippen LogP contribution < -0.4 is 25.2 Å². The van der Waals surface area contributed by atoms with E-state index in [0.29, 0.717) is 35.2 Å². The van der Waals surface area contributed by atoms with Crippen molar-refractivity contribution in [2.45, 2.75) is 12.6 Å². The molecule has 4 aromatic rings. The van der Waals surface area contributed by atoms with E-state index < -0.39 is 11.9 Å². The van der Waals surface area contributed by atoms with Crippen LogP contribution in [-0.4, -0.2) is 76.3 Å². The molecule has 5 heterocycles. The second kappa shape index (κ2) is 12.8. The Kier molecular flexibility index (Phi) is 8.31. The maximum Gasteiger partial charge on any atom is 0.272 e. The lowest BCUT2D eigenvalue weighted by Crippen LogP contribution is -2.57. The fraction of sp³-hybridized carbons (Fsp3) is 0.188. The summed E-state index contributed by atoms with van der Waals surface area (Å²) in [6.45, 7) is 0.785. The highest BCUT2D eigenvalue weighted by Crippen LogP contribution is 2.29. The van der Waals surface area contributed by atoms with Gasteiger partial charge in [-0.2, -0.15) is 0 Å². The fourth-order valence-corrected chi connectivity index (χ4v) is 5.13. The van der Waals surface area contributed by atoms with Gasteiger partial charge in [0.05, 0.1) is 38.3 Å². The molecule has 0 unspecified atom stereocenters. The molecule has 2 N–H and O–H groups in total. The van der Waals surface area contributed by atoms with Gasteiger partial charge in [0.2, 0.25) is 0 Å². The zero-order valence-electron chi connectivity index (χ0n) is 25.2. The smallest absolute Gasteiger partial charge is 0.272 e. The van der Waals surface area contributed by atoms with Crippen LogP contribution in [0.1, 0.15) is 16.1 Å². The van der Waals surface area contributed by atoms with Crippen molar-refractivity contribution in [3.63, 3.8) is 0 Å². The molecule has 3 aromatic heterocycles. The van der Waals surface area contributed by atoms with E-state index in [2.05, 4.69) is 25.7 Å². The van der Waals surface area contributed by atoms with Crippen LogP contribution in [-0.2, 0) is 21.0 Å². The molecule has 0 spiro atoms. The maximum absolute atomic E-state index is 13.5. The van der Waals surface area contributed by atoms with Gasteiger partial charge in [0, 0.05) is 32.1 Å². The van der Waals surface area contributed by atoms with E-state index in [4.69, 9.17) is 9.57 Å². The zero-order valence-corrected chi connectivity index (χ0v) is 25.2. The minimum absolute atomic E-state index is 0.137. The van der Waals surface area contributed by atoms with Crippen molar-refractivity contribution in [3.8, 4) is 5.75 Å². The summed E-state index contributed by atoms with van der Waals surface area (Å²) >= 11 is 0. The zero-order chi connectivity index (χ0) is 32.2. The van der Waals surface area contributed by atoms with E-state index in [1.54, 1.807) is 54.8 Å². The number of allylic oxidation sites excluding steroid dienone is 2. The van der Waals surface area contributed by atoms with Crippen LogP contribution >= 0.6 is 0 Å². The van der Waals surface area contributed by atoms with Crippen LogP contribution in [0.3, 0.4) is 0 Å². The summed E-state index contributed by atoms with van der Waals surface area (Å²) in [5.41, 5.74) is 3.01. The second-order valence-electron chi connectivity index (χ2n) is 10.3. The Morgan fingerprint density at radius 3 is 2.63 bits per heavy atom. The van der Waals surface area contributed by atoms with Crippen molar-refractivity contribution in [1.82, 2.24) is 30.0 Å². The number of nitrogens with one attached hydrogen (secondary N) is 2. The first-order chi connectivity index (χ1) is 22.4. The number of carbonyl (C=O) groups excluding carboxylic acids is 3. The van der Waals surface area contributed by atoms with E-state index in [9.17, 15) is 14.4 Å². The normalized spacial score (nSPS) is 15.5. The van der Waals surface area contributed by atoms with Gasteiger partial charge in [0.1, 0.15) is 29.2 Å². The number of aromatic nitrogens is 4. The lowest BCUT2D eigenvalue weighted by Gasteiger charge is -2.38. The third kappa shape index (κ3) is 5.70. The molecule has 0 bridgehead atoms. The number of imidazole rings is 1. The minimum atomic E-state index is -0.578. The van der Waals surface area contributed by atoms with Crippen molar-refractivity contribution < 1.29 is 24.0 Å². The number of hydroxylamine groups is 2. The van der Waals surface area contributed by atoms with Gasteiger partial charge in [-0.15, -0.1) is 5.10 Å². The van der Waals surface area contributed by atoms with Crippen LogP contribution in [0, 0.1) is 0 Å². The van der Waals surface area contributed by atoms with Crippen molar-refractivity contribution in [2.75, 3.05) is 42.9 Å². The molecule has 0 radical (unpaired) electrons. The Hall–Kier alpha value is -6.20. The van der Waals surface area contributed by atoms with E-state index >= 15 is 0 Å². The van der Waals surface area contributed by atoms with Crippen LogP contribution in [0.25, 0.3) is 5.65 Å². The third-order valence-corrected chi connectivity index (χ3v) is 7.50. The Labute approximate surface area is 263 Å². The number of amides is 1. The SMILES string of the molecule is COc1ccc(CN(C)c2cc(NC3=CC=CN(c4ccccn4)C3=C=O)nn3c(C(=O)N[C@@H]4CN(OC)C4=C=O)cnc23)cc1. The van der Waals surface area contributed by atoms with Crippen molar-refractivity contribution in [2.24, 2.45) is 0 Å². The van der Waals surface area contributed by atoms with E-state index in [1.165, 1.54) is 22.9 Å². The lowest BCUT2D eigenvalue weighted by atomic mass is 10.1. The summed E-state index contributed by atoms with van der Waals surface area (Å²) in [6.07, 6.45) is 8.26. The number of pyridine rings is 1. The number of carbonyl (C=O) groups is 1. The molecule has 1 fully saturated rings. The molecular formula is C32H29N9O5. The van der Waals surface area contributed by atoms with Gasteiger partial charge in [-0.1, -0.05) is 18.2 Å². The first kappa shape index (κ1) is 29.9. The molecule has 46 heavy (non-hydrogen) atoms. The Morgan fingerprint density at radius 2 is 1.93 bits per heavy atom. The number of anilines is 3. The van der Waals surface area contributed by atoms with Gasteiger partial charge in [0.15, 0.2) is 28.8 Å². The number of fused-ring (bicyclic) bond motifs is 1. The molecule has 2 aliphatic heterocycles. The Balaban J connectivity index is 1.36. The highest BCUT2D eigenvalue weighted by molar-refractivity contribution is 5.94. The van der Waals surface area contributed by atoms with Gasteiger partial charge in [-0.25, -0.2) is 29.1 Å². The summed E-state index contributed by atoms with van der Waals surface area (Å²) in [5, 5.41) is 12.1. The van der Waals surface area contributed by atoms with Crippen molar-refractivity contribution in [3.05, 3.63) is 108 Å². The molecule has 1 atom stereocenters. The summed E-state index contributed by atoms with van der Waals surface area (Å²) in [5.74, 6) is 4.93. The molecule has 14 nitrogen and oxygen atoms in total. The number of methoxy groups -OCH3 is 1. The molecule has 0 aliphatic carbocycles. The lowest BCUT2D eigenvalue weighted by molar-refractivity contribution is -0.143. The summed E-state index contributed by atoms with van der Waals surface area (Å²) < 4.78 is 6.71. The fourth-order valence-electron chi connectivity index (χ4n) is 5.13.